The fourth-order valence-electron chi connectivity index (χ4n) is 6.02. The van der Waals surface area contributed by atoms with Crippen LogP contribution in [-0.4, -0.2) is 102 Å². The topological polar surface area (TPSA) is 186 Å². The molecule has 3 aromatic heterocycles. The van der Waals surface area contributed by atoms with Crippen molar-refractivity contribution in [1.29, 1.82) is 5.26 Å². The van der Waals surface area contributed by atoms with E-state index in [1.165, 1.54) is 12.3 Å². The SMILES string of the molecule is N#Cc1cnc2sc(C(=O)O)cc2c1N1CCc2[nH]nc(C(=O)N[C@@H](CC(=O)NCCOCCN3CCOCC3)c3cccc(Br)c3)c2C1. The fraction of sp³-hybridized carbons (Fsp3) is 0.394. The number of halogens is 1. The molecule has 49 heavy (non-hydrogen) atoms. The minimum atomic E-state index is -1.07. The van der Waals surface area contributed by atoms with Gasteiger partial charge in [0.2, 0.25) is 5.91 Å². The van der Waals surface area contributed by atoms with Crippen molar-refractivity contribution in [3.63, 3.8) is 0 Å². The third-order valence-electron chi connectivity index (χ3n) is 8.50. The highest BCUT2D eigenvalue weighted by atomic mass is 79.9. The molecule has 0 aliphatic carbocycles. The summed E-state index contributed by atoms with van der Waals surface area (Å²) in [6, 6.07) is 10.5. The van der Waals surface area contributed by atoms with E-state index in [4.69, 9.17) is 9.47 Å². The van der Waals surface area contributed by atoms with E-state index in [2.05, 4.69) is 52.7 Å². The van der Waals surface area contributed by atoms with Crippen molar-refractivity contribution in [2.24, 2.45) is 0 Å². The van der Waals surface area contributed by atoms with E-state index in [9.17, 15) is 24.8 Å². The second kappa shape index (κ2) is 15.9. The van der Waals surface area contributed by atoms with Gasteiger partial charge >= 0.3 is 5.97 Å². The lowest BCUT2D eigenvalue weighted by atomic mass is 10.0. The fourth-order valence-corrected chi connectivity index (χ4v) is 7.28. The minimum Gasteiger partial charge on any atom is -0.477 e. The number of hydrogen-bond donors (Lipinski definition) is 4. The van der Waals surface area contributed by atoms with Gasteiger partial charge in [-0.3, -0.25) is 19.6 Å². The second-order valence-corrected chi connectivity index (χ2v) is 13.6. The first-order chi connectivity index (χ1) is 23.8. The number of benzene rings is 1. The van der Waals surface area contributed by atoms with Gasteiger partial charge in [-0.25, -0.2) is 9.78 Å². The van der Waals surface area contributed by atoms with E-state index in [0.29, 0.717) is 59.8 Å². The van der Waals surface area contributed by atoms with Crippen molar-refractivity contribution in [3.8, 4) is 6.07 Å². The van der Waals surface area contributed by atoms with Crippen LogP contribution in [0, 0.1) is 11.3 Å². The summed E-state index contributed by atoms with van der Waals surface area (Å²) in [4.78, 5) is 47.8. The van der Waals surface area contributed by atoms with Crippen LogP contribution in [-0.2, 0) is 27.2 Å². The highest BCUT2D eigenvalue weighted by molar-refractivity contribution is 9.10. The van der Waals surface area contributed by atoms with Gasteiger partial charge in [-0.15, -0.1) is 11.3 Å². The molecule has 2 aliphatic heterocycles. The molecular weight excluding hydrogens is 716 g/mol. The van der Waals surface area contributed by atoms with Crippen molar-refractivity contribution in [1.82, 2.24) is 30.7 Å². The number of rotatable bonds is 13. The number of carboxylic acid groups (broad SMARTS) is 1. The zero-order valence-corrected chi connectivity index (χ0v) is 28.9. The maximum Gasteiger partial charge on any atom is 0.345 e. The number of thiophene rings is 1. The van der Waals surface area contributed by atoms with Crippen LogP contribution in [0.2, 0.25) is 0 Å². The van der Waals surface area contributed by atoms with Gasteiger partial charge in [-0.05, 0) is 23.8 Å². The highest BCUT2D eigenvalue weighted by Gasteiger charge is 2.30. The van der Waals surface area contributed by atoms with Gasteiger partial charge in [-0.2, -0.15) is 10.4 Å². The summed E-state index contributed by atoms with van der Waals surface area (Å²) in [5, 5.41) is 33.3. The number of hydrogen-bond acceptors (Lipinski definition) is 11. The molecule has 1 fully saturated rings. The van der Waals surface area contributed by atoms with E-state index in [1.54, 1.807) is 0 Å². The number of anilines is 1. The van der Waals surface area contributed by atoms with Crippen LogP contribution in [0.15, 0.2) is 41.0 Å². The Labute approximate surface area is 294 Å². The molecule has 2 amide bonds. The predicted octanol–water partition coefficient (Wildman–Crippen LogP) is 3.24. The number of nitrogens with zero attached hydrogens (tertiary/aromatic N) is 5. The van der Waals surface area contributed by atoms with Crippen molar-refractivity contribution < 1.29 is 29.0 Å². The van der Waals surface area contributed by atoms with E-state index in [1.807, 2.05) is 29.2 Å². The molecule has 4 aromatic rings. The number of H-pyrrole nitrogens is 1. The zero-order valence-electron chi connectivity index (χ0n) is 26.5. The number of nitrogens with one attached hydrogen (secondary N) is 3. The Morgan fingerprint density at radius 3 is 2.82 bits per heavy atom. The molecule has 0 saturated carbocycles. The number of pyridine rings is 1. The zero-order chi connectivity index (χ0) is 34.3. The summed E-state index contributed by atoms with van der Waals surface area (Å²) in [6.45, 7) is 6.12. The van der Waals surface area contributed by atoms with E-state index in [0.717, 1.165) is 59.9 Å². The van der Waals surface area contributed by atoms with Crippen LogP contribution in [0.25, 0.3) is 10.2 Å². The van der Waals surface area contributed by atoms with Crippen LogP contribution in [0.4, 0.5) is 5.69 Å². The number of aromatic nitrogens is 3. The summed E-state index contributed by atoms with van der Waals surface area (Å²) in [5.41, 5.74) is 3.28. The maximum absolute atomic E-state index is 13.8. The number of carboxylic acids is 1. The molecule has 0 unspecified atom stereocenters. The molecule has 0 spiro atoms. The van der Waals surface area contributed by atoms with Gasteiger partial charge in [-0.1, -0.05) is 28.1 Å². The molecule has 6 rings (SSSR count). The summed E-state index contributed by atoms with van der Waals surface area (Å²) >= 11 is 4.53. The Morgan fingerprint density at radius 2 is 2.04 bits per heavy atom. The molecule has 16 heteroatoms. The quantitative estimate of drug-likeness (QED) is 0.147. The number of nitriles is 1. The average Bonchev–Trinajstić information content (AvgIpc) is 3.74. The van der Waals surface area contributed by atoms with Crippen LogP contribution in [0.1, 0.15) is 55.0 Å². The first kappa shape index (κ1) is 34.5. The Hall–Kier alpha value is -4.40. The number of amides is 2. The van der Waals surface area contributed by atoms with Gasteiger partial charge in [0, 0.05) is 73.0 Å². The van der Waals surface area contributed by atoms with Crippen molar-refractivity contribution in [2.45, 2.75) is 25.4 Å². The number of carbonyl (C=O) groups is 3. The van der Waals surface area contributed by atoms with Crippen LogP contribution in [0.5, 0.6) is 0 Å². The number of ether oxygens (including phenoxy) is 2. The van der Waals surface area contributed by atoms with Crippen LogP contribution >= 0.6 is 27.3 Å². The first-order valence-electron chi connectivity index (χ1n) is 15.9. The molecule has 14 nitrogen and oxygen atoms in total. The maximum atomic E-state index is 13.8. The lowest BCUT2D eigenvalue weighted by molar-refractivity contribution is -0.121. The van der Waals surface area contributed by atoms with E-state index >= 15 is 0 Å². The number of aromatic carboxylic acids is 1. The second-order valence-electron chi connectivity index (χ2n) is 11.7. The molecule has 5 heterocycles. The number of aromatic amines is 1. The van der Waals surface area contributed by atoms with Crippen molar-refractivity contribution in [3.05, 3.63) is 74.0 Å². The van der Waals surface area contributed by atoms with Gasteiger partial charge < -0.3 is 30.1 Å². The van der Waals surface area contributed by atoms with E-state index in [-0.39, 0.29) is 29.4 Å². The molecule has 1 saturated heterocycles. The average molecular weight is 752 g/mol. The lowest BCUT2D eigenvalue weighted by Gasteiger charge is -2.30. The largest absolute Gasteiger partial charge is 0.477 e. The summed E-state index contributed by atoms with van der Waals surface area (Å²) in [6.07, 6.45) is 1.97. The van der Waals surface area contributed by atoms with Crippen LogP contribution < -0.4 is 15.5 Å². The third-order valence-corrected chi connectivity index (χ3v) is 10.0. The highest BCUT2D eigenvalue weighted by Crippen LogP contribution is 2.37. The molecule has 0 radical (unpaired) electrons. The number of morpholine rings is 1. The first-order valence-corrected chi connectivity index (χ1v) is 17.5. The minimum absolute atomic E-state index is 0.000691. The Balaban J connectivity index is 1.13. The lowest BCUT2D eigenvalue weighted by Crippen LogP contribution is -2.38. The molecule has 0 bridgehead atoms. The summed E-state index contributed by atoms with van der Waals surface area (Å²) < 4.78 is 11.9. The Morgan fingerprint density at radius 1 is 1.20 bits per heavy atom. The van der Waals surface area contributed by atoms with Gasteiger partial charge in [0.25, 0.3) is 5.91 Å². The molecular formula is C33H35BrN8O6S. The molecule has 2 aliphatic rings. The van der Waals surface area contributed by atoms with Gasteiger partial charge in [0.1, 0.15) is 15.8 Å². The third kappa shape index (κ3) is 8.26. The Kier molecular flexibility index (Phi) is 11.2. The normalized spacial score (nSPS) is 15.4. The predicted molar refractivity (Wildman–Crippen MR) is 185 cm³/mol. The molecule has 1 atom stereocenters. The molecule has 256 valence electrons. The number of carbonyl (C=O) groups excluding carboxylic acids is 2. The summed E-state index contributed by atoms with van der Waals surface area (Å²) in [5.74, 6) is -1.75. The van der Waals surface area contributed by atoms with Crippen molar-refractivity contribution in [2.75, 3.05) is 64.1 Å². The smallest absolute Gasteiger partial charge is 0.345 e. The molecule has 4 N–H and O–H groups in total. The summed E-state index contributed by atoms with van der Waals surface area (Å²) in [7, 11) is 0. The Bertz CT molecular complexity index is 1880. The van der Waals surface area contributed by atoms with Crippen LogP contribution in [0.3, 0.4) is 0 Å². The van der Waals surface area contributed by atoms with Crippen molar-refractivity contribution >= 4 is 61.0 Å². The number of fused-ring (bicyclic) bond motifs is 2. The van der Waals surface area contributed by atoms with Gasteiger partial charge in [0.15, 0.2) is 5.69 Å². The monoisotopic (exact) mass is 750 g/mol. The standard InChI is InChI=1S/C33H35BrN8O6S/c34-22-3-1-2-20(14-22)26(16-28(43)36-5-10-47-11-7-41-8-12-48-13-9-41)38-31(44)29-24-19-42(6-4-25(24)39-40-29)30-21(17-35)18-37-32-23(30)15-27(49-32)33(45)46/h1-3,14-15,18,26H,4-13,16,19H2,(H,36,43)(H,38,44)(H,39,40)(H,45,46)/t26-/m0/s1. The molecule has 1 aromatic carbocycles. The van der Waals surface area contributed by atoms with E-state index < -0.39 is 17.9 Å². The van der Waals surface area contributed by atoms with Gasteiger partial charge in [0.05, 0.1) is 50.1 Å².